The Balaban J connectivity index is 1.47. The molecule has 9 heteroatoms. The molecule has 168 valence electrons. The number of sulfonamides is 1. The standard InChI is InChI=1S/C22H28FN3O4S/c1-31(28,29)26(21-6-3-2-5-20(21)23)12-4-7-22(27)24-17-18-8-10-19(11-9-18)25-13-15-30-16-14-25/h2-3,5-6,8-11H,4,7,12-17H2,1H3,(H,24,27). The molecule has 1 aliphatic rings. The lowest BCUT2D eigenvalue weighted by Crippen LogP contribution is -2.36. The maximum absolute atomic E-state index is 14.0. The molecule has 0 radical (unpaired) electrons. The van der Waals surface area contributed by atoms with Gasteiger partial charge in [-0.3, -0.25) is 9.10 Å². The Morgan fingerprint density at radius 2 is 1.81 bits per heavy atom. The van der Waals surface area contributed by atoms with E-state index < -0.39 is 15.8 Å². The monoisotopic (exact) mass is 449 g/mol. The van der Waals surface area contributed by atoms with Crippen LogP contribution < -0.4 is 14.5 Å². The molecule has 2 aromatic rings. The topological polar surface area (TPSA) is 79.0 Å². The highest BCUT2D eigenvalue weighted by Gasteiger charge is 2.20. The summed E-state index contributed by atoms with van der Waals surface area (Å²) in [6, 6.07) is 13.7. The number of halogens is 1. The minimum Gasteiger partial charge on any atom is -0.378 e. The van der Waals surface area contributed by atoms with E-state index in [4.69, 9.17) is 4.74 Å². The average molecular weight is 450 g/mol. The zero-order valence-electron chi connectivity index (χ0n) is 17.6. The maximum atomic E-state index is 14.0. The van der Waals surface area contributed by atoms with Crippen molar-refractivity contribution in [3.63, 3.8) is 0 Å². The summed E-state index contributed by atoms with van der Waals surface area (Å²) in [6.07, 6.45) is 1.45. The van der Waals surface area contributed by atoms with Gasteiger partial charge in [-0.05, 0) is 36.2 Å². The third-order valence-electron chi connectivity index (χ3n) is 5.09. The molecule has 3 rings (SSSR count). The first-order chi connectivity index (χ1) is 14.8. The van der Waals surface area contributed by atoms with Crippen molar-refractivity contribution in [2.75, 3.05) is 48.3 Å². The summed E-state index contributed by atoms with van der Waals surface area (Å²) < 4.78 is 44.5. The van der Waals surface area contributed by atoms with Crippen LogP contribution in [0.25, 0.3) is 0 Å². The Bertz CT molecular complexity index is 977. The number of carbonyl (C=O) groups is 1. The Kier molecular flexibility index (Phi) is 7.86. The van der Waals surface area contributed by atoms with Crippen LogP contribution >= 0.6 is 0 Å². The van der Waals surface area contributed by atoms with Gasteiger partial charge in [0.05, 0.1) is 25.2 Å². The van der Waals surface area contributed by atoms with Gasteiger partial charge in [-0.2, -0.15) is 0 Å². The first-order valence-corrected chi connectivity index (χ1v) is 12.1. The predicted octanol–water partition coefficient (Wildman–Crippen LogP) is 2.52. The molecular weight excluding hydrogens is 421 g/mol. The third kappa shape index (κ3) is 6.67. The summed E-state index contributed by atoms with van der Waals surface area (Å²) >= 11 is 0. The van der Waals surface area contributed by atoms with E-state index in [2.05, 4.69) is 10.2 Å². The molecule has 1 N–H and O–H groups in total. The van der Waals surface area contributed by atoms with Crippen molar-refractivity contribution in [3.8, 4) is 0 Å². The van der Waals surface area contributed by atoms with E-state index in [1.54, 1.807) is 6.07 Å². The number of hydrogen-bond donors (Lipinski definition) is 1. The molecule has 0 spiro atoms. The van der Waals surface area contributed by atoms with Gasteiger partial charge in [0, 0.05) is 38.3 Å². The highest BCUT2D eigenvalue weighted by Crippen LogP contribution is 2.22. The Labute approximate surface area is 182 Å². The number of carbonyl (C=O) groups excluding carboxylic acids is 1. The SMILES string of the molecule is CS(=O)(=O)N(CCCC(=O)NCc1ccc(N2CCOCC2)cc1)c1ccccc1F. The Morgan fingerprint density at radius 1 is 1.13 bits per heavy atom. The van der Waals surface area contributed by atoms with Gasteiger partial charge >= 0.3 is 0 Å². The highest BCUT2D eigenvalue weighted by atomic mass is 32.2. The molecule has 1 saturated heterocycles. The number of nitrogens with one attached hydrogen (secondary N) is 1. The lowest BCUT2D eigenvalue weighted by molar-refractivity contribution is -0.121. The van der Waals surface area contributed by atoms with E-state index in [1.807, 2.05) is 24.3 Å². The van der Waals surface area contributed by atoms with Crippen LogP contribution in [0.15, 0.2) is 48.5 Å². The number of nitrogens with zero attached hydrogens (tertiary/aromatic N) is 2. The van der Waals surface area contributed by atoms with Crippen molar-refractivity contribution in [2.45, 2.75) is 19.4 Å². The van der Waals surface area contributed by atoms with Gasteiger partial charge in [0.1, 0.15) is 5.82 Å². The molecule has 1 heterocycles. The Morgan fingerprint density at radius 3 is 2.45 bits per heavy atom. The van der Waals surface area contributed by atoms with Crippen LogP contribution in [0.1, 0.15) is 18.4 Å². The number of rotatable bonds is 9. The van der Waals surface area contributed by atoms with Gasteiger partial charge in [-0.25, -0.2) is 12.8 Å². The van der Waals surface area contributed by atoms with E-state index in [0.717, 1.165) is 48.1 Å². The molecule has 0 saturated carbocycles. The van der Waals surface area contributed by atoms with Crippen molar-refractivity contribution in [1.29, 1.82) is 0 Å². The smallest absolute Gasteiger partial charge is 0.232 e. The fourth-order valence-corrected chi connectivity index (χ4v) is 4.40. The molecule has 1 fully saturated rings. The summed E-state index contributed by atoms with van der Waals surface area (Å²) in [4.78, 5) is 14.4. The molecule has 31 heavy (non-hydrogen) atoms. The van der Waals surface area contributed by atoms with Gasteiger partial charge in [0.2, 0.25) is 15.9 Å². The number of ether oxygens (including phenoxy) is 1. The summed E-state index contributed by atoms with van der Waals surface area (Å²) in [5.41, 5.74) is 2.10. The van der Waals surface area contributed by atoms with Crippen molar-refractivity contribution in [2.24, 2.45) is 0 Å². The largest absolute Gasteiger partial charge is 0.378 e. The van der Waals surface area contributed by atoms with Crippen LogP contribution in [0.5, 0.6) is 0 Å². The molecule has 0 bridgehead atoms. The van der Waals surface area contributed by atoms with Gasteiger partial charge in [-0.1, -0.05) is 24.3 Å². The second-order valence-electron chi connectivity index (χ2n) is 7.43. The van der Waals surface area contributed by atoms with Gasteiger partial charge < -0.3 is 15.0 Å². The zero-order chi connectivity index (χ0) is 22.3. The lowest BCUT2D eigenvalue weighted by Gasteiger charge is -2.28. The molecule has 7 nitrogen and oxygen atoms in total. The van der Waals surface area contributed by atoms with Crippen molar-refractivity contribution < 1.29 is 22.3 Å². The summed E-state index contributed by atoms with van der Waals surface area (Å²) in [5, 5.41) is 2.85. The minimum atomic E-state index is -3.66. The lowest BCUT2D eigenvalue weighted by atomic mass is 10.2. The van der Waals surface area contributed by atoms with Crippen LogP contribution in [-0.4, -0.2) is 53.4 Å². The van der Waals surface area contributed by atoms with E-state index in [-0.39, 0.29) is 31.0 Å². The predicted molar refractivity (Wildman–Crippen MR) is 119 cm³/mol. The second-order valence-corrected chi connectivity index (χ2v) is 9.34. The molecule has 1 amide bonds. The number of anilines is 2. The van der Waals surface area contributed by atoms with E-state index in [9.17, 15) is 17.6 Å². The second kappa shape index (κ2) is 10.6. The number of para-hydroxylation sites is 1. The van der Waals surface area contributed by atoms with Crippen LogP contribution in [0.2, 0.25) is 0 Å². The van der Waals surface area contributed by atoms with Crippen molar-refractivity contribution in [1.82, 2.24) is 5.32 Å². The number of amides is 1. The molecule has 0 aromatic heterocycles. The van der Waals surface area contributed by atoms with E-state index in [0.29, 0.717) is 6.54 Å². The molecule has 1 aliphatic heterocycles. The van der Waals surface area contributed by atoms with Crippen LogP contribution in [0.3, 0.4) is 0 Å². The average Bonchev–Trinajstić information content (AvgIpc) is 2.76. The summed E-state index contributed by atoms with van der Waals surface area (Å²) in [5.74, 6) is -0.794. The van der Waals surface area contributed by atoms with Crippen molar-refractivity contribution >= 4 is 27.3 Å². The summed E-state index contributed by atoms with van der Waals surface area (Å²) in [7, 11) is -3.66. The van der Waals surface area contributed by atoms with Gasteiger partial charge in [-0.15, -0.1) is 0 Å². The number of morpholine rings is 1. The number of hydrogen-bond acceptors (Lipinski definition) is 5. The normalized spacial score (nSPS) is 14.3. The fraction of sp³-hybridized carbons (Fsp3) is 0.409. The minimum absolute atomic E-state index is 0.00855. The van der Waals surface area contributed by atoms with Gasteiger partial charge in [0.15, 0.2) is 0 Å². The van der Waals surface area contributed by atoms with Crippen LogP contribution in [0.4, 0.5) is 15.8 Å². The molecular formula is C22H28FN3O4S. The third-order valence-corrected chi connectivity index (χ3v) is 6.27. The summed E-state index contributed by atoms with van der Waals surface area (Å²) in [6.45, 7) is 3.62. The first-order valence-electron chi connectivity index (χ1n) is 10.2. The molecule has 0 unspecified atom stereocenters. The van der Waals surface area contributed by atoms with Gasteiger partial charge in [0.25, 0.3) is 0 Å². The van der Waals surface area contributed by atoms with Crippen LogP contribution in [-0.2, 0) is 26.1 Å². The van der Waals surface area contributed by atoms with Crippen LogP contribution in [0, 0.1) is 5.82 Å². The number of benzene rings is 2. The zero-order valence-corrected chi connectivity index (χ0v) is 18.4. The van der Waals surface area contributed by atoms with Crippen molar-refractivity contribution in [3.05, 3.63) is 59.9 Å². The quantitative estimate of drug-likeness (QED) is 0.637. The Hall–Kier alpha value is -2.65. The van der Waals surface area contributed by atoms with E-state index >= 15 is 0 Å². The van der Waals surface area contributed by atoms with E-state index in [1.165, 1.54) is 18.2 Å². The first kappa shape index (κ1) is 23.0. The highest BCUT2D eigenvalue weighted by molar-refractivity contribution is 7.92. The maximum Gasteiger partial charge on any atom is 0.232 e. The molecule has 2 aromatic carbocycles. The fourth-order valence-electron chi connectivity index (χ4n) is 3.44. The molecule has 0 aliphatic carbocycles. The molecule has 0 atom stereocenters.